The first-order valence-electron chi connectivity index (χ1n) is 8.47. The van der Waals surface area contributed by atoms with Gasteiger partial charge in [0.2, 0.25) is 0 Å². The van der Waals surface area contributed by atoms with Gasteiger partial charge >= 0.3 is 0 Å². The van der Waals surface area contributed by atoms with Crippen molar-refractivity contribution in [1.82, 2.24) is 9.55 Å². The molecule has 0 aliphatic carbocycles. The molecular weight excluding hydrogens is 344 g/mol. The standard InChI is InChI=1S/C20H18N4O3/c1-13-3-8-17-16(11-13)23-19(26)20(2,27-17)18(25)22-14-4-6-15(7-5-14)24-10-9-21-12-24/h3-12H,1-2H3,(H,22,25)(H,23,26). The molecule has 7 nitrogen and oxygen atoms in total. The molecule has 1 atom stereocenters. The molecule has 0 saturated carbocycles. The van der Waals surface area contributed by atoms with Gasteiger partial charge in [0.15, 0.2) is 0 Å². The van der Waals surface area contributed by atoms with Crippen molar-refractivity contribution in [2.45, 2.75) is 19.4 Å². The molecule has 2 heterocycles. The van der Waals surface area contributed by atoms with E-state index in [1.54, 1.807) is 36.8 Å². The summed E-state index contributed by atoms with van der Waals surface area (Å²) < 4.78 is 7.62. The van der Waals surface area contributed by atoms with Gasteiger partial charge in [0.1, 0.15) is 5.75 Å². The number of carbonyl (C=O) groups excluding carboxylic acids is 2. The molecule has 1 aromatic heterocycles. The minimum atomic E-state index is -1.66. The number of hydrogen-bond acceptors (Lipinski definition) is 4. The van der Waals surface area contributed by atoms with Gasteiger partial charge in [-0.2, -0.15) is 0 Å². The van der Waals surface area contributed by atoms with Crippen molar-refractivity contribution in [3.63, 3.8) is 0 Å². The van der Waals surface area contributed by atoms with E-state index in [4.69, 9.17) is 4.74 Å². The number of aryl methyl sites for hydroxylation is 1. The van der Waals surface area contributed by atoms with E-state index in [1.807, 2.05) is 35.9 Å². The summed E-state index contributed by atoms with van der Waals surface area (Å²) >= 11 is 0. The van der Waals surface area contributed by atoms with Gasteiger partial charge in [-0.3, -0.25) is 9.59 Å². The number of fused-ring (bicyclic) bond motifs is 1. The Balaban J connectivity index is 1.53. The first kappa shape index (κ1) is 16.8. The minimum Gasteiger partial charge on any atom is -0.466 e. The van der Waals surface area contributed by atoms with Crippen LogP contribution in [-0.4, -0.2) is 27.0 Å². The van der Waals surface area contributed by atoms with Crippen molar-refractivity contribution in [2.24, 2.45) is 0 Å². The van der Waals surface area contributed by atoms with Crippen LogP contribution < -0.4 is 15.4 Å². The molecular formula is C20H18N4O3. The predicted molar refractivity (Wildman–Crippen MR) is 101 cm³/mol. The van der Waals surface area contributed by atoms with Gasteiger partial charge in [0, 0.05) is 23.8 Å². The minimum absolute atomic E-state index is 0.466. The fraction of sp³-hybridized carbons (Fsp3) is 0.150. The van der Waals surface area contributed by atoms with Crippen molar-refractivity contribution in [3.8, 4) is 11.4 Å². The van der Waals surface area contributed by atoms with Crippen LogP contribution in [0.3, 0.4) is 0 Å². The summed E-state index contributed by atoms with van der Waals surface area (Å²) in [6, 6.07) is 12.6. The Bertz CT molecular complexity index is 1010. The fourth-order valence-electron chi connectivity index (χ4n) is 2.87. The topological polar surface area (TPSA) is 85.3 Å². The van der Waals surface area contributed by atoms with Crippen molar-refractivity contribution >= 4 is 23.2 Å². The number of imidazole rings is 1. The van der Waals surface area contributed by atoms with Gasteiger partial charge in [-0.05, 0) is 55.8 Å². The molecule has 136 valence electrons. The number of nitrogens with zero attached hydrogens (tertiary/aromatic N) is 2. The number of ether oxygens (including phenoxy) is 1. The molecule has 0 saturated heterocycles. The third kappa shape index (κ3) is 3.03. The zero-order chi connectivity index (χ0) is 19.0. The van der Waals surface area contributed by atoms with Gasteiger partial charge in [-0.15, -0.1) is 0 Å². The molecule has 2 amide bonds. The number of amides is 2. The zero-order valence-corrected chi connectivity index (χ0v) is 14.9. The largest absolute Gasteiger partial charge is 0.466 e. The smallest absolute Gasteiger partial charge is 0.278 e. The maximum Gasteiger partial charge on any atom is 0.278 e. The Hall–Kier alpha value is -3.61. The van der Waals surface area contributed by atoms with E-state index < -0.39 is 17.4 Å². The van der Waals surface area contributed by atoms with Crippen LogP contribution in [0.15, 0.2) is 61.2 Å². The number of anilines is 2. The highest BCUT2D eigenvalue weighted by Crippen LogP contribution is 2.34. The quantitative estimate of drug-likeness (QED) is 0.702. The van der Waals surface area contributed by atoms with Crippen molar-refractivity contribution in [2.75, 3.05) is 10.6 Å². The maximum atomic E-state index is 12.8. The Morgan fingerprint density at radius 1 is 1.22 bits per heavy atom. The Labute approximate surface area is 156 Å². The predicted octanol–water partition coefficient (Wildman–Crippen LogP) is 2.91. The number of hydrogen-bond donors (Lipinski definition) is 2. The monoisotopic (exact) mass is 362 g/mol. The number of aromatic nitrogens is 2. The van der Waals surface area contributed by atoms with Gasteiger partial charge in [0.05, 0.1) is 12.0 Å². The van der Waals surface area contributed by atoms with Crippen LogP contribution in [0.25, 0.3) is 5.69 Å². The molecule has 27 heavy (non-hydrogen) atoms. The lowest BCUT2D eigenvalue weighted by Gasteiger charge is -2.33. The van der Waals surface area contributed by atoms with E-state index in [1.165, 1.54) is 6.92 Å². The SMILES string of the molecule is Cc1ccc2c(c1)NC(=O)C(C)(C(=O)Nc1ccc(-n3ccnc3)cc1)O2. The summed E-state index contributed by atoms with van der Waals surface area (Å²) in [7, 11) is 0. The normalized spacial score (nSPS) is 18.2. The van der Waals surface area contributed by atoms with E-state index in [0.717, 1.165) is 11.3 Å². The molecule has 0 radical (unpaired) electrons. The molecule has 1 unspecified atom stereocenters. The highest BCUT2D eigenvalue weighted by Gasteiger charge is 2.47. The van der Waals surface area contributed by atoms with Crippen LogP contribution in [-0.2, 0) is 9.59 Å². The summed E-state index contributed by atoms with van der Waals surface area (Å²) in [6.07, 6.45) is 5.21. The molecule has 2 N–H and O–H groups in total. The van der Waals surface area contributed by atoms with Crippen LogP contribution in [0.2, 0.25) is 0 Å². The average Bonchev–Trinajstić information content (AvgIpc) is 3.18. The summed E-state index contributed by atoms with van der Waals surface area (Å²) in [5, 5.41) is 5.50. The average molecular weight is 362 g/mol. The fourth-order valence-corrected chi connectivity index (χ4v) is 2.87. The first-order valence-corrected chi connectivity index (χ1v) is 8.47. The van der Waals surface area contributed by atoms with Crippen molar-refractivity contribution in [3.05, 3.63) is 66.7 Å². The number of carbonyl (C=O) groups is 2. The van der Waals surface area contributed by atoms with E-state index >= 15 is 0 Å². The lowest BCUT2D eigenvalue weighted by atomic mass is 10.0. The lowest BCUT2D eigenvalue weighted by Crippen LogP contribution is -2.56. The third-order valence-corrected chi connectivity index (χ3v) is 4.49. The maximum absolute atomic E-state index is 12.8. The summed E-state index contributed by atoms with van der Waals surface area (Å²) in [5.74, 6) is -0.581. The van der Waals surface area contributed by atoms with Crippen molar-refractivity contribution in [1.29, 1.82) is 0 Å². The zero-order valence-electron chi connectivity index (χ0n) is 14.9. The van der Waals surface area contributed by atoms with Gasteiger partial charge in [-0.25, -0.2) is 4.98 Å². The highest BCUT2D eigenvalue weighted by molar-refractivity contribution is 6.19. The molecule has 7 heteroatoms. The second kappa shape index (κ2) is 6.28. The third-order valence-electron chi connectivity index (χ3n) is 4.49. The summed E-state index contributed by atoms with van der Waals surface area (Å²) in [6.45, 7) is 3.38. The highest BCUT2D eigenvalue weighted by atomic mass is 16.5. The molecule has 2 aromatic carbocycles. The Morgan fingerprint density at radius 3 is 2.70 bits per heavy atom. The van der Waals surface area contributed by atoms with E-state index in [0.29, 0.717) is 17.1 Å². The number of nitrogens with one attached hydrogen (secondary N) is 2. The summed E-state index contributed by atoms with van der Waals surface area (Å²) in [5.41, 5.74) is 1.37. The molecule has 1 aliphatic rings. The Morgan fingerprint density at radius 2 is 2.00 bits per heavy atom. The first-order chi connectivity index (χ1) is 13.0. The van der Waals surface area contributed by atoms with Crippen LogP contribution in [0.1, 0.15) is 12.5 Å². The number of benzene rings is 2. The molecule has 0 spiro atoms. The lowest BCUT2D eigenvalue weighted by molar-refractivity contribution is -0.143. The van der Waals surface area contributed by atoms with Crippen LogP contribution >= 0.6 is 0 Å². The van der Waals surface area contributed by atoms with Crippen LogP contribution in [0, 0.1) is 6.92 Å². The van der Waals surface area contributed by atoms with E-state index in [9.17, 15) is 9.59 Å². The van der Waals surface area contributed by atoms with Crippen LogP contribution in [0.5, 0.6) is 5.75 Å². The number of rotatable bonds is 3. The molecule has 0 fully saturated rings. The van der Waals surface area contributed by atoms with E-state index in [2.05, 4.69) is 15.6 Å². The molecule has 1 aliphatic heterocycles. The van der Waals surface area contributed by atoms with Gasteiger partial charge in [0.25, 0.3) is 17.4 Å². The van der Waals surface area contributed by atoms with Gasteiger partial charge in [-0.1, -0.05) is 6.07 Å². The molecule has 4 rings (SSSR count). The second-order valence-electron chi connectivity index (χ2n) is 6.56. The van der Waals surface area contributed by atoms with E-state index in [-0.39, 0.29) is 0 Å². The molecule has 0 bridgehead atoms. The van der Waals surface area contributed by atoms with Crippen molar-refractivity contribution < 1.29 is 14.3 Å². The second-order valence-corrected chi connectivity index (χ2v) is 6.56. The summed E-state index contributed by atoms with van der Waals surface area (Å²) in [4.78, 5) is 29.3. The Kier molecular flexibility index (Phi) is 3.92. The molecule has 3 aromatic rings. The van der Waals surface area contributed by atoms with Crippen LogP contribution in [0.4, 0.5) is 11.4 Å². The van der Waals surface area contributed by atoms with Gasteiger partial charge < -0.3 is 19.9 Å².